The van der Waals surface area contributed by atoms with Crippen molar-refractivity contribution in [2.24, 2.45) is 5.92 Å². The summed E-state index contributed by atoms with van der Waals surface area (Å²) < 4.78 is 0. The summed E-state index contributed by atoms with van der Waals surface area (Å²) in [5, 5.41) is 7.83. The van der Waals surface area contributed by atoms with Crippen molar-refractivity contribution >= 4 is 5.91 Å². The lowest BCUT2D eigenvalue weighted by Gasteiger charge is -2.32. The number of nitrogens with one attached hydrogen (secondary N) is 1. The first kappa shape index (κ1) is 15.5. The molecule has 0 saturated carbocycles. The molecule has 22 heavy (non-hydrogen) atoms. The molecule has 122 valence electrons. The number of piperidine rings is 1. The van der Waals surface area contributed by atoms with Crippen molar-refractivity contribution in [2.75, 3.05) is 27.2 Å². The molecule has 0 spiro atoms. The predicted octanol–water partition coefficient (Wildman–Crippen LogP) is 1.98. The summed E-state index contributed by atoms with van der Waals surface area (Å²) in [7, 11) is 4.09. The average molecular weight is 304 g/mol. The van der Waals surface area contributed by atoms with E-state index in [0.717, 1.165) is 32.5 Å². The molecule has 1 aromatic rings. The van der Waals surface area contributed by atoms with Crippen LogP contribution in [0.3, 0.4) is 0 Å². The average Bonchev–Trinajstić information content (AvgIpc) is 2.71. The molecule has 0 bridgehead atoms. The zero-order chi connectivity index (χ0) is 15.5. The Balaban J connectivity index is 1.57. The van der Waals surface area contributed by atoms with Crippen molar-refractivity contribution in [3.63, 3.8) is 0 Å². The first-order chi connectivity index (χ1) is 10.6. The van der Waals surface area contributed by atoms with Crippen LogP contribution in [0.4, 0.5) is 0 Å². The lowest BCUT2D eigenvalue weighted by molar-refractivity contribution is -0.133. The molecule has 1 amide bonds. The van der Waals surface area contributed by atoms with E-state index in [1.807, 2.05) is 11.9 Å². The van der Waals surface area contributed by atoms with Gasteiger partial charge in [-0.15, -0.1) is 0 Å². The van der Waals surface area contributed by atoms with E-state index in [0.29, 0.717) is 12.3 Å². The molecule has 1 N–H and O–H groups in total. The fourth-order valence-corrected chi connectivity index (χ4v) is 3.87. The molecular weight excluding hydrogens is 276 g/mol. The van der Waals surface area contributed by atoms with E-state index in [9.17, 15) is 4.79 Å². The second kappa shape index (κ2) is 6.82. The van der Waals surface area contributed by atoms with E-state index in [1.54, 1.807) is 0 Å². The molecule has 0 radical (unpaired) electrons. The van der Waals surface area contributed by atoms with Gasteiger partial charge in [-0.1, -0.05) is 6.42 Å². The fourth-order valence-electron chi connectivity index (χ4n) is 3.87. The van der Waals surface area contributed by atoms with E-state index in [-0.39, 0.29) is 5.91 Å². The van der Waals surface area contributed by atoms with Crippen LogP contribution in [0.15, 0.2) is 0 Å². The van der Waals surface area contributed by atoms with Gasteiger partial charge >= 0.3 is 0 Å². The summed E-state index contributed by atoms with van der Waals surface area (Å²) in [6, 6.07) is 0. The quantitative estimate of drug-likeness (QED) is 0.865. The molecule has 5 heteroatoms. The van der Waals surface area contributed by atoms with Crippen LogP contribution in [0.25, 0.3) is 0 Å². The molecule has 1 atom stereocenters. The number of likely N-dealkylation sites (tertiary alicyclic amines) is 1. The van der Waals surface area contributed by atoms with Crippen molar-refractivity contribution < 1.29 is 4.79 Å². The lowest BCUT2D eigenvalue weighted by Crippen LogP contribution is -2.41. The Morgan fingerprint density at radius 1 is 1.27 bits per heavy atom. The number of hydrogen-bond donors (Lipinski definition) is 1. The first-order valence-electron chi connectivity index (χ1n) is 8.61. The van der Waals surface area contributed by atoms with Crippen molar-refractivity contribution in [1.29, 1.82) is 0 Å². The molecule has 5 nitrogen and oxygen atoms in total. The highest BCUT2D eigenvalue weighted by Crippen LogP contribution is 2.23. The summed E-state index contributed by atoms with van der Waals surface area (Å²) in [5.74, 6) is 0.877. The molecule has 2 heterocycles. The van der Waals surface area contributed by atoms with Crippen LogP contribution < -0.4 is 0 Å². The molecule has 1 unspecified atom stereocenters. The molecule has 1 aromatic heterocycles. The maximum atomic E-state index is 11.6. The molecular formula is C17H28N4O. The van der Waals surface area contributed by atoms with Gasteiger partial charge in [-0.05, 0) is 50.6 Å². The molecule has 2 aliphatic rings. The van der Waals surface area contributed by atoms with Crippen molar-refractivity contribution in [3.05, 3.63) is 17.0 Å². The maximum absolute atomic E-state index is 11.6. The SMILES string of the molecule is CN(Cc1n[nH]c2c1CCCCC2)CC1CCC(=O)N(C)C1. The van der Waals surface area contributed by atoms with Gasteiger partial charge in [0, 0.05) is 38.8 Å². The number of aryl methyl sites for hydroxylation is 1. The van der Waals surface area contributed by atoms with E-state index >= 15 is 0 Å². The number of hydrogen-bond acceptors (Lipinski definition) is 3. The Labute approximate surface area is 133 Å². The monoisotopic (exact) mass is 304 g/mol. The maximum Gasteiger partial charge on any atom is 0.222 e. The van der Waals surface area contributed by atoms with Gasteiger partial charge in [0.2, 0.25) is 5.91 Å². The topological polar surface area (TPSA) is 52.2 Å². The van der Waals surface area contributed by atoms with Crippen LogP contribution in [-0.2, 0) is 24.2 Å². The summed E-state index contributed by atoms with van der Waals surface area (Å²) >= 11 is 0. The number of aromatic nitrogens is 2. The number of aromatic amines is 1. The summed E-state index contributed by atoms with van der Waals surface area (Å²) in [6.07, 6.45) is 7.96. The highest BCUT2D eigenvalue weighted by Gasteiger charge is 2.24. The number of amides is 1. The Hall–Kier alpha value is -1.36. The van der Waals surface area contributed by atoms with Crippen LogP contribution in [0.1, 0.15) is 49.1 Å². The Morgan fingerprint density at radius 2 is 2.09 bits per heavy atom. The lowest BCUT2D eigenvalue weighted by atomic mass is 9.97. The highest BCUT2D eigenvalue weighted by atomic mass is 16.2. The fraction of sp³-hybridized carbons (Fsp3) is 0.765. The van der Waals surface area contributed by atoms with Crippen LogP contribution in [0.5, 0.6) is 0 Å². The van der Waals surface area contributed by atoms with Crippen LogP contribution in [-0.4, -0.2) is 53.1 Å². The predicted molar refractivity (Wildman–Crippen MR) is 86.5 cm³/mol. The second-order valence-corrected chi connectivity index (χ2v) is 7.06. The minimum atomic E-state index is 0.288. The minimum Gasteiger partial charge on any atom is -0.345 e. The summed E-state index contributed by atoms with van der Waals surface area (Å²) in [5.41, 5.74) is 4.07. The van der Waals surface area contributed by atoms with Gasteiger partial charge in [0.15, 0.2) is 0 Å². The van der Waals surface area contributed by atoms with Gasteiger partial charge in [-0.25, -0.2) is 0 Å². The van der Waals surface area contributed by atoms with Gasteiger partial charge in [0.25, 0.3) is 0 Å². The van der Waals surface area contributed by atoms with E-state index in [4.69, 9.17) is 0 Å². The van der Waals surface area contributed by atoms with Gasteiger partial charge in [0.1, 0.15) is 0 Å². The Morgan fingerprint density at radius 3 is 2.91 bits per heavy atom. The number of carbonyl (C=O) groups is 1. The smallest absolute Gasteiger partial charge is 0.222 e. The van der Waals surface area contributed by atoms with Crippen molar-refractivity contribution in [2.45, 2.75) is 51.5 Å². The molecule has 1 fully saturated rings. The molecule has 0 aromatic carbocycles. The number of rotatable bonds is 4. The van der Waals surface area contributed by atoms with E-state index < -0.39 is 0 Å². The van der Waals surface area contributed by atoms with Crippen molar-refractivity contribution in [3.8, 4) is 0 Å². The zero-order valence-corrected chi connectivity index (χ0v) is 13.9. The second-order valence-electron chi connectivity index (χ2n) is 7.06. The summed E-state index contributed by atoms with van der Waals surface area (Å²) in [6.45, 7) is 2.85. The summed E-state index contributed by atoms with van der Waals surface area (Å²) in [4.78, 5) is 15.8. The van der Waals surface area contributed by atoms with Crippen molar-refractivity contribution in [1.82, 2.24) is 20.0 Å². The number of nitrogens with zero attached hydrogens (tertiary/aromatic N) is 3. The van der Waals surface area contributed by atoms with E-state index in [1.165, 1.54) is 42.6 Å². The number of fused-ring (bicyclic) bond motifs is 1. The van der Waals surface area contributed by atoms with E-state index in [2.05, 4.69) is 22.1 Å². The van der Waals surface area contributed by atoms with Gasteiger partial charge in [-0.3, -0.25) is 9.89 Å². The third-order valence-corrected chi connectivity index (χ3v) is 5.11. The molecule has 1 aliphatic carbocycles. The molecule has 1 saturated heterocycles. The van der Waals surface area contributed by atoms with Crippen LogP contribution in [0, 0.1) is 5.92 Å². The van der Waals surface area contributed by atoms with Gasteiger partial charge in [0.05, 0.1) is 5.69 Å². The Kier molecular flexibility index (Phi) is 4.81. The van der Waals surface area contributed by atoms with Crippen LogP contribution in [0.2, 0.25) is 0 Å². The number of carbonyl (C=O) groups excluding carboxylic acids is 1. The molecule has 1 aliphatic heterocycles. The minimum absolute atomic E-state index is 0.288. The zero-order valence-electron chi connectivity index (χ0n) is 13.9. The highest BCUT2D eigenvalue weighted by molar-refractivity contribution is 5.76. The molecule has 3 rings (SSSR count). The van der Waals surface area contributed by atoms with Gasteiger partial charge < -0.3 is 9.80 Å². The third-order valence-electron chi connectivity index (χ3n) is 5.11. The first-order valence-corrected chi connectivity index (χ1v) is 8.61. The normalized spacial score (nSPS) is 22.8. The standard InChI is InChI=1S/C17H28N4O/c1-20(10-13-8-9-17(22)21(2)11-13)12-16-14-6-4-3-5-7-15(14)18-19-16/h13H,3-12H2,1-2H3,(H,18,19). The number of H-pyrrole nitrogens is 1. The third kappa shape index (κ3) is 3.51. The van der Waals surface area contributed by atoms with Crippen LogP contribution >= 0.6 is 0 Å². The largest absolute Gasteiger partial charge is 0.345 e. The van der Waals surface area contributed by atoms with Gasteiger partial charge in [-0.2, -0.15) is 5.10 Å². The Bertz CT molecular complexity index is 525.